The van der Waals surface area contributed by atoms with Gasteiger partial charge in [-0.05, 0) is 19.9 Å². The Labute approximate surface area is 66.8 Å². The molecule has 0 aromatic rings. The second-order valence-corrected chi connectivity index (χ2v) is 2.60. The minimum atomic E-state index is 0.293. The predicted molar refractivity (Wildman–Crippen MR) is 43.7 cm³/mol. The first kappa shape index (κ1) is 7.92. The van der Waals surface area contributed by atoms with Crippen molar-refractivity contribution in [3.63, 3.8) is 0 Å². The Morgan fingerprint density at radius 2 is 2.18 bits per heavy atom. The van der Waals surface area contributed by atoms with Gasteiger partial charge < -0.3 is 9.47 Å². The third-order valence-electron chi connectivity index (χ3n) is 1.29. The normalized spacial score (nSPS) is 19.5. The summed E-state index contributed by atoms with van der Waals surface area (Å²) in [6.07, 6.45) is 3.83. The molecule has 1 saturated heterocycles. The second-order valence-electron chi connectivity index (χ2n) is 2.60. The smallest absolute Gasteiger partial charge is 0.231 e. The minimum Gasteiger partial charge on any atom is -0.454 e. The first-order chi connectivity index (χ1) is 5.20. The van der Waals surface area contributed by atoms with Gasteiger partial charge in [-0.2, -0.15) is 0 Å². The molecule has 1 aliphatic heterocycles. The van der Waals surface area contributed by atoms with Crippen LogP contribution in [0.2, 0.25) is 0 Å². The molecule has 0 aromatic heterocycles. The van der Waals surface area contributed by atoms with Crippen molar-refractivity contribution < 1.29 is 9.47 Å². The number of allylic oxidation sites excluding steroid dienone is 3. The van der Waals surface area contributed by atoms with Gasteiger partial charge in [0, 0.05) is 0 Å². The Balaban J connectivity index is 2.66. The molecule has 1 aliphatic rings. The van der Waals surface area contributed by atoms with Gasteiger partial charge in [0.25, 0.3) is 0 Å². The van der Waals surface area contributed by atoms with Crippen LogP contribution in [-0.4, -0.2) is 6.79 Å². The molecule has 1 rings (SSSR count). The van der Waals surface area contributed by atoms with Gasteiger partial charge >= 0.3 is 0 Å². The maximum absolute atomic E-state index is 5.11. The molecule has 0 unspecified atom stereocenters. The maximum Gasteiger partial charge on any atom is 0.231 e. The lowest BCUT2D eigenvalue weighted by atomic mass is 10.3. The van der Waals surface area contributed by atoms with Crippen LogP contribution in [0.15, 0.2) is 35.8 Å². The van der Waals surface area contributed by atoms with Crippen molar-refractivity contribution in [2.75, 3.05) is 6.79 Å². The standard InChI is InChI=1S/C9H12O2/c1-7(2)4-5-9-8(3)10-6-11-9/h4-5H,3,6H2,1-2H3/b9-5+. The van der Waals surface area contributed by atoms with E-state index >= 15 is 0 Å². The molecule has 0 aromatic carbocycles. The highest BCUT2D eigenvalue weighted by atomic mass is 16.7. The highest BCUT2D eigenvalue weighted by Gasteiger charge is 2.11. The molecule has 60 valence electrons. The largest absolute Gasteiger partial charge is 0.454 e. The highest BCUT2D eigenvalue weighted by molar-refractivity contribution is 5.24. The first-order valence-corrected chi connectivity index (χ1v) is 3.50. The van der Waals surface area contributed by atoms with Crippen molar-refractivity contribution in [3.05, 3.63) is 35.8 Å². The van der Waals surface area contributed by atoms with Crippen LogP contribution in [0, 0.1) is 0 Å². The van der Waals surface area contributed by atoms with E-state index in [1.807, 2.05) is 26.0 Å². The van der Waals surface area contributed by atoms with Gasteiger partial charge in [-0.25, -0.2) is 0 Å². The zero-order valence-corrected chi connectivity index (χ0v) is 6.89. The minimum absolute atomic E-state index is 0.293. The summed E-state index contributed by atoms with van der Waals surface area (Å²) in [7, 11) is 0. The number of rotatable bonds is 1. The van der Waals surface area contributed by atoms with E-state index in [-0.39, 0.29) is 0 Å². The summed E-state index contributed by atoms with van der Waals surface area (Å²) in [5, 5.41) is 0. The van der Waals surface area contributed by atoms with Crippen molar-refractivity contribution in [2.24, 2.45) is 0 Å². The van der Waals surface area contributed by atoms with Crippen LogP contribution in [0.3, 0.4) is 0 Å². The molecule has 0 aliphatic carbocycles. The fourth-order valence-electron chi connectivity index (χ4n) is 0.699. The first-order valence-electron chi connectivity index (χ1n) is 3.50. The molecule has 0 spiro atoms. The lowest BCUT2D eigenvalue weighted by molar-refractivity contribution is 0.0980. The molecule has 0 radical (unpaired) electrons. The summed E-state index contributed by atoms with van der Waals surface area (Å²) in [6, 6.07) is 0. The fraction of sp³-hybridized carbons (Fsp3) is 0.333. The zero-order valence-electron chi connectivity index (χ0n) is 6.89. The molecular weight excluding hydrogens is 140 g/mol. The quantitative estimate of drug-likeness (QED) is 0.574. The lowest BCUT2D eigenvalue weighted by Gasteiger charge is -1.91. The van der Waals surface area contributed by atoms with Crippen LogP contribution in [0.1, 0.15) is 13.8 Å². The van der Waals surface area contributed by atoms with Gasteiger partial charge in [0.2, 0.25) is 6.79 Å². The van der Waals surface area contributed by atoms with E-state index in [1.54, 1.807) is 0 Å². The molecule has 1 fully saturated rings. The van der Waals surface area contributed by atoms with Crippen LogP contribution in [-0.2, 0) is 9.47 Å². The van der Waals surface area contributed by atoms with E-state index in [2.05, 4.69) is 6.58 Å². The van der Waals surface area contributed by atoms with E-state index in [0.717, 1.165) is 5.76 Å². The third kappa shape index (κ3) is 2.15. The molecular formula is C9H12O2. The molecule has 2 heteroatoms. The van der Waals surface area contributed by atoms with Gasteiger partial charge in [-0.15, -0.1) is 0 Å². The Kier molecular flexibility index (Phi) is 2.36. The van der Waals surface area contributed by atoms with Crippen LogP contribution in [0.5, 0.6) is 0 Å². The molecule has 11 heavy (non-hydrogen) atoms. The van der Waals surface area contributed by atoms with Crippen molar-refractivity contribution in [3.8, 4) is 0 Å². The van der Waals surface area contributed by atoms with Crippen LogP contribution in [0.25, 0.3) is 0 Å². The maximum atomic E-state index is 5.11. The Hall–Kier alpha value is -1.18. The Morgan fingerprint density at radius 1 is 1.45 bits per heavy atom. The molecule has 2 nitrogen and oxygen atoms in total. The number of hydrogen-bond donors (Lipinski definition) is 0. The van der Waals surface area contributed by atoms with Gasteiger partial charge in [-0.3, -0.25) is 0 Å². The van der Waals surface area contributed by atoms with Crippen molar-refractivity contribution in [1.29, 1.82) is 0 Å². The predicted octanol–water partition coefficient (Wildman–Crippen LogP) is 2.35. The van der Waals surface area contributed by atoms with E-state index in [0.29, 0.717) is 12.6 Å². The lowest BCUT2D eigenvalue weighted by Crippen LogP contribution is -1.78. The van der Waals surface area contributed by atoms with Gasteiger partial charge in [-0.1, -0.05) is 18.2 Å². The highest BCUT2D eigenvalue weighted by Crippen LogP contribution is 2.18. The van der Waals surface area contributed by atoms with Crippen molar-refractivity contribution >= 4 is 0 Å². The molecule has 0 amide bonds. The molecule has 1 heterocycles. The number of ether oxygens (including phenoxy) is 2. The molecule has 0 saturated carbocycles. The zero-order chi connectivity index (χ0) is 8.27. The summed E-state index contributed by atoms with van der Waals surface area (Å²) in [5.74, 6) is 1.34. The van der Waals surface area contributed by atoms with Crippen LogP contribution < -0.4 is 0 Å². The van der Waals surface area contributed by atoms with Gasteiger partial charge in [0.15, 0.2) is 11.5 Å². The third-order valence-corrected chi connectivity index (χ3v) is 1.29. The van der Waals surface area contributed by atoms with Crippen molar-refractivity contribution in [1.82, 2.24) is 0 Å². The van der Waals surface area contributed by atoms with Gasteiger partial charge in [0.05, 0.1) is 0 Å². The van der Waals surface area contributed by atoms with E-state index in [1.165, 1.54) is 5.57 Å². The average molecular weight is 152 g/mol. The molecule has 0 atom stereocenters. The molecule has 0 bridgehead atoms. The SMILES string of the molecule is C=C1OCO/C1=C/C=C(C)C. The van der Waals surface area contributed by atoms with E-state index in [9.17, 15) is 0 Å². The Bertz CT molecular complexity index is 220. The Morgan fingerprint density at radius 3 is 2.64 bits per heavy atom. The summed E-state index contributed by atoms with van der Waals surface area (Å²) >= 11 is 0. The monoisotopic (exact) mass is 152 g/mol. The van der Waals surface area contributed by atoms with Gasteiger partial charge in [0.1, 0.15) is 0 Å². The van der Waals surface area contributed by atoms with E-state index < -0.39 is 0 Å². The number of hydrogen-bond acceptors (Lipinski definition) is 2. The fourth-order valence-corrected chi connectivity index (χ4v) is 0.699. The summed E-state index contributed by atoms with van der Waals surface area (Å²) in [5.41, 5.74) is 1.22. The van der Waals surface area contributed by atoms with Crippen LogP contribution in [0.4, 0.5) is 0 Å². The van der Waals surface area contributed by atoms with Crippen LogP contribution >= 0.6 is 0 Å². The topological polar surface area (TPSA) is 18.5 Å². The summed E-state index contributed by atoms with van der Waals surface area (Å²) in [6.45, 7) is 8.01. The second kappa shape index (κ2) is 3.28. The summed E-state index contributed by atoms with van der Waals surface area (Å²) < 4.78 is 10.1. The van der Waals surface area contributed by atoms with Crippen molar-refractivity contribution in [2.45, 2.75) is 13.8 Å². The average Bonchev–Trinajstić information content (AvgIpc) is 2.31. The summed E-state index contributed by atoms with van der Waals surface area (Å²) in [4.78, 5) is 0. The van der Waals surface area contributed by atoms with E-state index in [4.69, 9.17) is 9.47 Å². The molecule has 0 N–H and O–H groups in total.